The zero-order valence-electron chi connectivity index (χ0n) is 16.6. The van der Waals surface area contributed by atoms with E-state index in [2.05, 4.69) is 5.32 Å². The average Bonchev–Trinajstić information content (AvgIpc) is 2.77. The van der Waals surface area contributed by atoms with Crippen molar-refractivity contribution in [2.45, 2.75) is 12.8 Å². The fraction of sp³-hybridized carbons (Fsp3) is 0.364. The highest BCUT2D eigenvalue weighted by molar-refractivity contribution is 5.95. The summed E-state index contributed by atoms with van der Waals surface area (Å²) in [5, 5.41) is 2.88. The van der Waals surface area contributed by atoms with E-state index in [-0.39, 0.29) is 23.5 Å². The molecule has 3 rings (SSSR count). The number of likely N-dealkylation sites (tertiary alicyclic amines) is 1. The van der Waals surface area contributed by atoms with Gasteiger partial charge in [0.1, 0.15) is 5.82 Å². The number of halogens is 1. The molecular formula is C22H25FN2O4. The van der Waals surface area contributed by atoms with Gasteiger partial charge in [-0.3, -0.25) is 9.59 Å². The number of ether oxygens (including phenoxy) is 2. The van der Waals surface area contributed by atoms with Crippen molar-refractivity contribution in [2.75, 3.05) is 33.9 Å². The first-order chi connectivity index (χ1) is 14.0. The van der Waals surface area contributed by atoms with Gasteiger partial charge in [-0.1, -0.05) is 0 Å². The van der Waals surface area contributed by atoms with Crippen LogP contribution >= 0.6 is 0 Å². The normalized spacial score (nSPS) is 16.2. The summed E-state index contributed by atoms with van der Waals surface area (Å²) in [6.45, 7) is 1.71. The summed E-state index contributed by atoms with van der Waals surface area (Å²) in [4.78, 5) is 26.9. The molecule has 2 amide bonds. The van der Waals surface area contributed by atoms with Crippen LogP contribution in [0.5, 0.6) is 11.5 Å². The summed E-state index contributed by atoms with van der Waals surface area (Å²) in [5.41, 5.74) is 0.958. The van der Waals surface area contributed by atoms with E-state index in [1.54, 1.807) is 30.2 Å². The molecule has 29 heavy (non-hydrogen) atoms. The molecule has 0 aliphatic carbocycles. The van der Waals surface area contributed by atoms with Crippen molar-refractivity contribution in [2.24, 2.45) is 5.92 Å². The minimum Gasteiger partial charge on any atom is -0.493 e. The predicted octanol–water partition coefficient (Wildman–Crippen LogP) is 3.13. The Morgan fingerprint density at radius 1 is 1.07 bits per heavy atom. The minimum atomic E-state index is -0.377. The van der Waals surface area contributed by atoms with Gasteiger partial charge in [0.25, 0.3) is 11.8 Å². The Balaban J connectivity index is 1.59. The molecule has 1 saturated heterocycles. The number of carbonyl (C=O) groups excluding carboxylic acids is 2. The van der Waals surface area contributed by atoms with Gasteiger partial charge in [0.15, 0.2) is 11.5 Å². The van der Waals surface area contributed by atoms with Crippen LogP contribution < -0.4 is 14.8 Å². The zero-order valence-corrected chi connectivity index (χ0v) is 16.6. The molecule has 1 aliphatic heterocycles. The maximum atomic E-state index is 13.0. The molecule has 2 aromatic rings. The molecule has 1 atom stereocenters. The number of hydrogen-bond acceptors (Lipinski definition) is 4. The average molecular weight is 400 g/mol. The Morgan fingerprint density at radius 3 is 2.45 bits per heavy atom. The van der Waals surface area contributed by atoms with Gasteiger partial charge in [0.2, 0.25) is 0 Å². The van der Waals surface area contributed by atoms with E-state index in [1.165, 1.54) is 31.4 Å². The van der Waals surface area contributed by atoms with Crippen molar-refractivity contribution in [3.8, 4) is 11.5 Å². The fourth-order valence-electron chi connectivity index (χ4n) is 3.51. The molecule has 0 bridgehead atoms. The quantitative estimate of drug-likeness (QED) is 0.809. The summed E-state index contributed by atoms with van der Waals surface area (Å²) in [6, 6.07) is 10.6. The molecule has 7 heteroatoms. The monoisotopic (exact) mass is 400 g/mol. The van der Waals surface area contributed by atoms with E-state index in [1.807, 2.05) is 0 Å². The number of nitrogens with one attached hydrogen (secondary N) is 1. The number of nitrogens with zero attached hydrogens (tertiary/aromatic N) is 1. The molecule has 1 aliphatic rings. The first-order valence-corrected chi connectivity index (χ1v) is 9.57. The summed E-state index contributed by atoms with van der Waals surface area (Å²) in [7, 11) is 3.08. The van der Waals surface area contributed by atoms with Crippen LogP contribution in [0.15, 0.2) is 42.5 Å². The summed E-state index contributed by atoms with van der Waals surface area (Å²) in [6.07, 6.45) is 1.80. The lowest BCUT2D eigenvalue weighted by Crippen LogP contribution is -2.43. The van der Waals surface area contributed by atoms with E-state index in [0.717, 1.165) is 12.8 Å². The summed E-state index contributed by atoms with van der Waals surface area (Å²) >= 11 is 0. The Hall–Kier alpha value is -3.09. The van der Waals surface area contributed by atoms with Gasteiger partial charge in [-0.25, -0.2) is 4.39 Å². The maximum absolute atomic E-state index is 13.0. The Kier molecular flexibility index (Phi) is 6.69. The van der Waals surface area contributed by atoms with Gasteiger partial charge < -0.3 is 19.7 Å². The van der Waals surface area contributed by atoms with Crippen molar-refractivity contribution >= 4 is 11.8 Å². The number of carbonyl (C=O) groups is 2. The highest BCUT2D eigenvalue weighted by Crippen LogP contribution is 2.28. The summed E-state index contributed by atoms with van der Waals surface area (Å²) < 4.78 is 23.5. The molecule has 6 nitrogen and oxygen atoms in total. The van der Waals surface area contributed by atoms with Gasteiger partial charge in [0.05, 0.1) is 14.2 Å². The molecule has 0 spiro atoms. The van der Waals surface area contributed by atoms with Gasteiger partial charge in [-0.05, 0) is 61.2 Å². The molecule has 2 aromatic carbocycles. The van der Waals surface area contributed by atoms with Crippen LogP contribution in [-0.4, -0.2) is 50.6 Å². The molecule has 1 heterocycles. The van der Waals surface area contributed by atoms with E-state index in [4.69, 9.17) is 9.47 Å². The Morgan fingerprint density at radius 2 is 1.76 bits per heavy atom. The lowest BCUT2D eigenvalue weighted by atomic mass is 9.97. The van der Waals surface area contributed by atoms with Crippen molar-refractivity contribution in [3.63, 3.8) is 0 Å². The highest BCUT2D eigenvalue weighted by Gasteiger charge is 2.25. The molecule has 1 fully saturated rings. The van der Waals surface area contributed by atoms with Crippen molar-refractivity contribution in [1.82, 2.24) is 10.2 Å². The van der Waals surface area contributed by atoms with Crippen LogP contribution in [0.3, 0.4) is 0 Å². The summed E-state index contributed by atoms with van der Waals surface area (Å²) in [5.74, 6) is 0.562. The number of amides is 2. The number of hydrogen-bond donors (Lipinski definition) is 1. The SMILES string of the molecule is COc1ccc(C(=O)N2CCC[C@H](CNC(=O)c3ccc(F)cc3)C2)cc1OC. The first-order valence-electron chi connectivity index (χ1n) is 9.57. The molecule has 0 saturated carbocycles. The third kappa shape index (κ3) is 5.04. The van der Waals surface area contributed by atoms with Crippen LogP contribution in [0.25, 0.3) is 0 Å². The van der Waals surface area contributed by atoms with Crippen LogP contribution in [0.4, 0.5) is 4.39 Å². The molecule has 0 aromatic heterocycles. The van der Waals surface area contributed by atoms with E-state index < -0.39 is 0 Å². The minimum absolute atomic E-state index is 0.0690. The zero-order chi connectivity index (χ0) is 20.8. The van der Waals surface area contributed by atoms with Crippen LogP contribution in [-0.2, 0) is 0 Å². The van der Waals surface area contributed by atoms with E-state index in [0.29, 0.717) is 42.3 Å². The van der Waals surface area contributed by atoms with Crippen molar-refractivity contribution in [1.29, 1.82) is 0 Å². The van der Waals surface area contributed by atoms with Crippen molar-refractivity contribution in [3.05, 3.63) is 59.4 Å². The van der Waals surface area contributed by atoms with Crippen molar-refractivity contribution < 1.29 is 23.5 Å². The van der Waals surface area contributed by atoms with Gasteiger partial charge in [0, 0.05) is 30.8 Å². The number of methoxy groups -OCH3 is 2. The van der Waals surface area contributed by atoms with E-state index in [9.17, 15) is 14.0 Å². The molecule has 154 valence electrons. The predicted molar refractivity (Wildman–Crippen MR) is 107 cm³/mol. The Bertz CT molecular complexity index is 870. The number of piperidine rings is 1. The van der Waals surface area contributed by atoms with E-state index >= 15 is 0 Å². The topological polar surface area (TPSA) is 67.9 Å². The van der Waals surface area contributed by atoms with Crippen LogP contribution in [0, 0.1) is 11.7 Å². The fourth-order valence-corrected chi connectivity index (χ4v) is 3.51. The maximum Gasteiger partial charge on any atom is 0.254 e. The molecular weight excluding hydrogens is 375 g/mol. The molecule has 1 N–H and O–H groups in total. The van der Waals surface area contributed by atoms with Gasteiger partial charge in [-0.2, -0.15) is 0 Å². The second kappa shape index (κ2) is 9.41. The van der Waals surface area contributed by atoms with Crippen LogP contribution in [0.1, 0.15) is 33.6 Å². The number of rotatable bonds is 6. The third-order valence-electron chi connectivity index (χ3n) is 5.09. The standard InChI is InChI=1S/C22H25FN2O4/c1-28-19-10-7-17(12-20(19)29-2)22(27)25-11-3-4-15(14-25)13-24-21(26)16-5-8-18(23)9-6-16/h5-10,12,15H,3-4,11,13-14H2,1-2H3,(H,24,26)/t15-/m1/s1. The third-order valence-corrected chi connectivity index (χ3v) is 5.09. The van der Waals surface area contributed by atoms with Gasteiger partial charge in [-0.15, -0.1) is 0 Å². The largest absolute Gasteiger partial charge is 0.493 e. The first kappa shape index (κ1) is 20.6. The Labute approximate surface area is 169 Å². The highest BCUT2D eigenvalue weighted by atomic mass is 19.1. The molecule has 0 radical (unpaired) electrons. The molecule has 0 unspecified atom stereocenters. The number of benzene rings is 2. The lowest BCUT2D eigenvalue weighted by molar-refractivity contribution is 0.0670. The second-order valence-corrected chi connectivity index (χ2v) is 7.05. The van der Waals surface area contributed by atoms with Gasteiger partial charge >= 0.3 is 0 Å². The van der Waals surface area contributed by atoms with Crippen LogP contribution in [0.2, 0.25) is 0 Å². The second-order valence-electron chi connectivity index (χ2n) is 7.05. The lowest BCUT2D eigenvalue weighted by Gasteiger charge is -2.33. The smallest absolute Gasteiger partial charge is 0.254 e.